The van der Waals surface area contributed by atoms with Crippen molar-refractivity contribution >= 4 is 28.3 Å². The lowest BCUT2D eigenvalue weighted by Crippen LogP contribution is -2.61. The van der Waals surface area contributed by atoms with Gasteiger partial charge in [0.1, 0.15) is 0 Å². The molecule has 1 heterocycles. The zero-order chi connectivity index (χ0) is 12.4. The molecule has 1 aromatic carbocycles. The number of anilines is 1. The minimum Gasteiger partial charge on any atom is -0.368 e. The Bertz CT molecular complexity index is 390. The van der Waals surface area contributed by atoms with Crippen molar-refractivity contribution in [1.29, 1.82) is 0 Å². The second-order valence-electron chi connectivity index (χ2n) is 5.67. The monoisotopic (exact) mass is 356 g/mol. The van der Waals surface area contributed by atoms with Crippen LogP contribution >= 0.6 is 22.6 Å². The lowest BCUT2D eigenvalue weighted by molar-refractivity contribution is 0.216. The molecular formula is C15H21IN2. The smallest absolute Gasteiger partial charge is 0.0368 e. The molecule has 0 atom stereocenters. The summed E-state index contributed by atoms with van der Waals surface area (Å²) in [4.78, 5) is 2.57. The third-order valence-corrected chi connectivity index (χ3v) is 5.10. The molecule has 2 fully saturated rings. The molecule has 1 aliphatic heterocycles. The molecule has 1 N–H and O–H groups in total. The maximum atomic E-state index is 3.80. The molecule has 3 rings (SSSR count). The van der Waals surface area contributed by atoms with Crippen molar-refractivity contribution < 1.29 is 0 Å². The summed E-state index contributed by atoms with van der Waals surface area (Å²) in [6.07, 6.45) is 6.93. The van der Waals surface area contributed by atoms with E-state index >= 15 is 0 Å². The number of rotatable bonds is 1. The van der Waals surface area contributed by atoms with E-state index in [4.69, 9.17) is 0 Å². The van der Waals surface area contributed by atoms with Crippen molar-refractivity contribution in [2.24, 2.45) is 0 Å². The molecular weight excluding hydrogens is 335 g/mol. The van der Waals surface area contributed by atoms with Gasteiger partial charge < -0.3 is 10.2 Å². The maximum absolute atomic E-state index is 3.80. The molecule has 98 valence electrons. The van der Waals surface area contributed by atoms with Crippen LogP contribution in [0.25, 0.3) is 0 Å². The van der Waals surface area contributed by atoms with Crippen molar-refractivity contribution in [3.05, 3.63) is 27.8 Å². The van der Waals surface area contributed by atoms with E-state index < -0.39 is 0 Å². The number of hydrogen-bond acceptors (Lipinski definition) is 2. The SMILES string of the molecule is Ic1ccc(N2CCNC3(CCCCC3)C2)cc1. The Balaban J connectivity index is 1.75. The Morgan fingerprint density at radius 1 is 1.06 bits per heavy atom. The van der Waals surface area contributed by atoms with Gasteiger partial charge in [-0.2, -0.15) is 0 Å². The van der Waals surface area contributed by atoms with Crippen LogP contribution in [0.2, 0.25) is 0 Å². The van der Waals surface area contributed by atoms with E-state index in [1.54, 1.807) is 0 Å². The van der Waals surface area contributed by atoms with E-state index in [1.165, 1.54) is 47.9 Å². The second-order valence-corrected chi connectivity index (χ2v) is 6.91. The first-order valence-corrected chi connectivity index (χ1v) is 8.11. The fraction of sp³-hybridized carbons (Fsp3) is 0.600. The second kappa shape index (κ2) is 5.37. The molecule has 0 radical (unpaired) electrons. The zero-order valence-electron chi connectivity index (χ0n) is 10.8. The average molecular weight is 356 g/mol. The molecule has 2 aliphatic rings. The lowest BCUT2D eigenvalue weighted by atomic mass is 9.80. The Morgan fingerprint density at radius 2 is 1.78 bits per heavy atom. The van der Waals surface area contributed by atoms with E-state index in [2.05, 4.69) is 57.1 Å². The van der Waals surface area contributed by atoms with Crippen LogP contribution in [0, 0.1) is 3.57 Å². The first-order chi connectivity index (χ1) is 8.77. The first-order valence-electron chi connectivity index (χ1n) is 7.03. The summed E-state index contributed by atoms with van der Waals surface area (Å²) in [6.45, 7) is 3.46. The fourth-order valence-corrected chi connectivity index (χ4v) is 3.75. The minimum absolute atomic E-state index is 0.402. The van der Waals surface area contributed by atoms with Gasteiger partial charge in [0, 0.05) is 34.4 Å². The van der Waals surface area contributed by atoms with Crippen molar-refractivity contribution in [1.82, 2.24) is 5.32 Å². The molecule has 0 aromatic heterocycles. The number of nitrogens with one attached hydrogen (secondary N) is 1. The Labute approximate surface area is 123 Å². The van der Waals surface area contributed by atoms with Crippen LogP contribution in [0.5, 0.6) is 0 Å². The number of halogens is 1. The normalized spacial score (nSPS) is 23.3. The van der Waals surface area contributed by atoms with Crippen LogP contribution in [0.1, 0.15) is 32.1 Å². The minimum atomic E-state index is 0.402. The molecule has 1 spiro atoms. The molecule has 1 saturated heterocycles. The van der Waals surface area contributed by atoms with Gasteiger partial charge in [-0.05, 0) is 59.7 Å². The van der Waals surface area contributed by atoms with Crippen LogP contribution in [0.4, 0.5) is 5.69 Å². The van der Waals surface area contributed by atoms with Gasteiger partial charge in [-0.15, -0.1) is 0 Å². The van der Waals surface area contributed by atoms with Gasteiger partial charge in [0.05, 0.1) is 0 Å². The largest absolute Gasteiger partial charge is 0.368 e. The molecule has 1 aliphatic carbocycles. The highest BCUT2D eigenvalue weighted by atomic mass is 127. The van der Waals surface area contributed by atoms with Gasteiger partial charge in [0.15, 0.2) is 0 Å². The molecule has 0 amide bonds. The summed E-state index contributed by atoms with van der Waals surface area (Å²) < 4.78 is 1.32. The fourth-order valence-electron chi connectivity index (χ4n) is 3.39. The Kier molecular flexibility index (Phi) is 3.80. The van der Waals surface area contributed by atoms with Crippen LogP contribution in [-0.2, 0) is 0 Å². The van der Waals surface area contributed by atoms with E-state index in [-0.39, 0.29) is 0 Å². The van der Waals surface area contributed by atoms with Crippen LogP contribution in [0.15, 0.2) is 24.3 Å². The molecule has 2 nitrogen and oxygen atoms in total. The van der Waals surface area contributed by atoms with E-state index in [1.807, 2.05) is 0 Å². The maximum Gasteiger partial charge on any atom is 0.0368 e. The van der Waals surface area contributed by atoms with Crippen LogP contribution < -0.4 is 10.2 Å². The molecule has 1 aromatic rings. The van der Waals surface area contributed by atoms with E-state index in [0.29, 0.717) is 5.54 Å². The third-order valence-electron chi connectivity index (χ3n) is 4.38. The van der Waals surface area contributed by atoms with Gasteiger partial charge in [-0.1, -0.05) is 19.3 Å². The predicted molar refractivity (Wildman–Crippen MR) is 85.2 cm³/mol. The van der Waals surface area contributed by atoms with Crippen LogP contribution in [0.3, 0.4) is 0 Å². The van der Waals surface area contributed by atoms with Crippen molar-refractivity contribution in [2.75, 3.05) is 24.5 Å². The number of benzene rings is 1. The third kappa shape index (κ3) is 2.67. The van der Waals surface area contributed by atoms with E-state index in [9.17, 15) is 0 Å². The van der Waals surface area contributed by atoms with Crippen LogP contribution in [-0.4, -0.2) is 25.2 Å². The summed E-state index contributed by atoms with van der Waals surface area (Å²) in [5.74, 6) is 0. The molecule has 3 heteroatoms. The summed E-state index contributed by atoms with van der Waals surface area (Å²) >= 11 is 2.37. The Morgan fingerprint density at radius 3 is 2.50 bits per heavy atom. The van der Waals surface area contributed by atoms with Gasteiger partial charge >= 0.3 is 0 Å². The van der Waals surface area contributed by atoms with Crippen molar-refractivity contribution in [2.45, 2.75) is 37.6 Å². The van der Waals surface area contributed by atoms with Gasteiger partial charge in [0.25, 0.3) is 0 Å². The highest BCUT2D eigenvalue weighted by Crippen LogP contribution is 2.32. The van der Waals surface area contributed by atoms with Gasteiger partial charge in [-0.25, -0.2) is 0 Å². The Hall–Kier alpha value is -0.290. The summed E-state index contributed by atoms with van der Waals surface area (Å²) in [5.41, 5.74) is 1.79. The summed E-state index contributed by atoms with van der Waals surface area (Å²) in [7, 11) is 0. The molecule has 0 bridgehead atoms. The van der Waals surface area contributed by atoms with Crippen molar-refractivity contribution in [3.63, 3.8) is 0 Å². The standard InChI is InChI=1S/C15H21IN2/c16-13-4-6-14(7-5-13)18-11-10-17-15(12-18)8-2-1-3-9-15/h4-7,17H,1-3,8-12H2. The van der Waals surface area contributed by atoms with E-state index in [0.717, 1.165) is 13.1 Å². The predicted octanol–water partition coefficient (Wildman–Crippen LogP) is 3.40. The topological polar surface area (TPSA) is 15.3 Å². The van der Waals surface area contributed by atoms with Crippen molar-refractivity contribution in [3.8, 4) is 0 Å². The molecule has 1 saturated carbocycles. The molecule has 18 heavy (non-hydrogen) atoms. The molecule has 0 unspecified atom stereocenters. The number of hydrogen-bond donors (Lipinski definition) is 1. The average Bonchev–Trinajstić information content (AvgIpc) is 2.40. The first kappa shape index (κ1) is 12.7. The summed E-state index contributed by atoms with van der Waals surface area (Å²) in [5, 5.41) is 3.80. The lowest BCUT2D eigenvalue weighted by Gasteiger charge is -2.47. The highest BCUT2D eigenvalue weighted by Gasteiger charge is 2.36. The zero-order valence-corrected chi connectivity index (χ0v) is 12.9. The number of piperazine rings is 1. The number of nitrogens with zero attached hydrogens (tertiary/aromatic N) is 1. The highest BCUT2D eigenvalue weighted by molar-refractivity contribution is 14.1. The van der Waals surface area contributed by atoms with Gasteiger partial charge in [-0.3, -0.25) is 0 Å². The summed E-state index contributed by atoms with van der Waals surface area (Å²) in [6, 6.07) is 8.96. The van der Waals surface area contributed by atoms with Gasteiger partial charge in [0.2, 0.25) is 0 Å². The quantitative estimate of drug-likeness (QED) is 0.776.